The number of nitrogens with one attached hydrogen (secondary N) is 1. The average Bonchev–Trinajstić information content (AvgIpc) is 2.54. The number of aliphatic hydroxyl groups is 1. The first-order valence-corrected chi connectivity index (χ1v) is 8.65. The summed E-state index contributed by atoms with van der Waals surface area (Å²) >= 11 is 0. The number of morpholine rings is 1. The van der Waals surface area contributed by atoms with E-state index in [1.54, 1.807) is 11.8 Å². The standard InChI is InChI=1S/C17H25N3O4/c1-12-9-14(21)19-16(18-12)13-11-20(7-8-24-13)15(22)10-17(23)5-3-2-4-6-17/h9,13,23H,2-8,10-11H2,1H3,(H,18,19,21)/t13-/m0/s1. The molecule has 2 fully saturated rings. The normalized spacial score (nSPS) is 23.9. The Morgan fingerprint density at radius 1 is 1.46 bits per heavy atom. The summed E-state index contributed by atoms with van der Waals surface area (Å²) in [7, 11) is 0. The number of rotatable bonds is 3. The fourth-order valence-electron chi connectivity index (χ4n) is 3.58. The predicted octanol–water partition coefficient (Wildman–Crippen LogP) is 1.06. The van der Waals surface area contributed by atoms with E-state index in [4.69, 9.17) is 4.74 Å². The molecule has 1 saturated heterocycles. The van der Waals surface area contributed by atoms with Crippen molar-refractivity contribution < 1.29 is 14.6 Å². The summed E-state index contributed by atoms with van der Waals surface area (Å²) < 4.78 is 5.68. The third-order valence-electron chi connectivity index (χ3n) is 4.88. The van der Waals surface area contributed by atoms with E-state index in [1.165, 1.54) is 6.07 Å². The molecule has 1 aliphatic carbocycles. The van der Waals surface area contributed by atoms with Crippen molar-refractivity contribution in [3.8, 4) is 0 Å². The van der Waals surface area contributed by atoms with E-state index in [9.17, 15) is 14.7 Å². The monoisotopic (exact) mass is 335 g/mol. The van der Waals surface area contributed by atoms with E-state index >= 15 is 0 Å². The summed E-state index contributed by atoms with van der Waals surface area (Å²) in [6.45, 7) is 3.00. The maximum atomic E-state index is 12.6. The molecule has 0 spiro atoms. The van der Waals surface area contributed by atoms with Gasteiger partial charge in [-0.25, -0.2) is 4.98 Å². The minimum absolute atomic E-state index is 0.0531. The van der Waals surface area contributed by atoms with Crippen molar-refractivity contribution in [1.29, 1.82) is 0 Å². The van der Waals surface area contributed by atoms with Crippen molar-refractivity contribution >= 4 is 5.91 Å². The van der Waals surface area contributed by atoms with Crippen LogP contribution in [0.1, 0.15) is 56.1 Å². The van der Waals surface area contributed by atoms with Gasteiger partial charge in [-0.15, -0.1) is 0 Å². The smallest absolute Gasteiger partial charge is 0.251 e. The van der Waals surface area contributed by atoms with Gasteiger partial charge in [0.15, 0.2) is 0 Å². The quantitative estimate of drug-likeness (QED) is 0.861. The predicted molar refractivity (Wildman–Crippen MR) is 87.5 cm³/mol. The van der Waals surface area contributed by atoms with Crippen molar-refractivity contribution in [3.05, 3.63) is 27.9 Å². The molecule has 2 heterocycles. The molecule has 0 aromatic carbocycles. The van der Waals surface area contributed by atoms with Crippen LogP contribution in [0.25, 0.3) is 0 Å². The maximum absolute atomic E-state index is 12.6. The van der Waals surface area contributed by atoms with Crippen LogP contribution in [0.2, 0.25) is 0 Å². The fraction of sp³-hybridized carbons (Fsp3) is 0.706. The highest BCUT2D eigenvalue weighted by atomic mass is 16.5. The second-order valence-electron chi connectivity index (χ2n) is 6.93. The van der Waals surface area contributed by atoms with Gasteiger partial charge in [-0.05, 0) is 19.8 Å². The van der Waals surface area contributed by atoms with Crippen LogP contribution >= 0.6 is 0 Å². The molecule has 7 heteroatoms. The van der Waals surface area contributed by atoms with Crippen molar-refractivity contribution in [3.63, 3.8) is 0 Å². The third-order valence-corrected chi connectivity index (χ3v) is 4.88. The van der Waals surface area contributed by atoms with Gasteiger partial charge in [0.1, 0.15) is 11.9 Å². The van der Waals surface area contributed by atoms with E-state index in [0.29, 0.717) is 44.1 Å². The highest BCUT2D eigenvalue weighted by Gasteiger charge is 2.35. The van der Waals surface area contributed by atoms with Crippen LogP contribution in [0.3, 0.4) is 0 Å². The van der Waals surface area contributed by atoms with Crippen LogP contribution in [0.5, 0.6) is 0 Å². The summed E-state index contributed by atoms with van der Waals surface area (Å²) in [5.41, 5.74) is -0.461. The topological polar surface area (TPSA) is 95.5 Å². The zero-order chi connectivity index (χ0) is 17.2. The van der Waals surface area contributed by atoms with Crippen molar-refractivity contribution in [2.75, 3.05) is 19.7 Å². The van der Waals surface area contributed by atoms with Crippen LogP contribution < -0.4 is 5.56 Å². The molecule has 2 aliphatic rings. The summed E-state index contributed by atoms with van der Waals surface area (Å²) in [5, 5.41) is 10.6. The molecular formula is C17H25N3O4. The molecule has 132 valence electrons. The number of carbonyl (C=O) groups excluding carboxylic acids is 1. The maximum Gasteiger partial charge on any atom is 0.251 e. The van der Waals surface area contributed by atoms with E-state index in [0.717, 1.165) is 19.3 Å². The number of aromatic nitrogens is 2. The van der Waals surface area contributed by atoms with Crippen molar-refractivity contribution in [2.24, 2.45) is 0 Å². The molecule has 0 bridgehead atoms. The van der Waals surface area contributed by atoms with Gasteiger partial charge in [0.25, 0.3) is 5.56 Å². The van der Waals surface area contributed by atoms with Gasteiger partial charge < -0.3 is 19.7 Å². The second kappa shape index (κ2) is 7.03. The van der Waals surface area contributed by atoms with Crippen molar-refractivity contribution in [1.82, 2.24) is 14.9 Å². The van der Waals surface area contributed by atoms with Gasteiger partial charge in [-0.3, -0.25) is 9.59 Å². The average molecular weight is 335 g/mol. The molecule has 2 N–H and O–H groups in total. The molecule has 0 unspecified atom stereocenters. The van der Waals surface area contributed by atoms with E-state index in [2.05, 4.69) is 9.97 Å². The SMILES string of the molecule is Cc1cc(=O)[nH]c([C@@H]2CN(C(=O)CC3(O)CCCCC3)CCO2)n1. The number of aryl methyl sites for hydroxylation is 1. The zero-order valence-corrected chi connectivity index (χ0v) is 14.1. The first kappa shape index (κ1) is 17.1. The van der Waals surface area contributed by atoms with Crippen LogP contribution in [0.4, 0.5) is 0 Å². The summed E-state index contributed by atoms with van der Waals surface area (Å²) in [5.74, 6) is 0.400. The number of nitrogens with zero attached hydrogens (tertiary/aromatic N) is 2. The van der Waals surface area contributed by atoms with Crippen LogP contribution in [-0.4, -0.2) is 51.2 Å². The molecule has 0 radical (unpaired) electrons. The third kappa shape index (κ3) is 4.02. The number of carbonyl (C=O) groups is 1. The van der Waals surface area contributed by atoms with E-state index in [1.807, 2.05) is 0 Å². The van der Waals surface area contributed by atoms with E-state index < -0.39 is 11.7 Å². The number of H-pyrrole nitrogens is 1. The van der Waals surface area contributed by atoms with Gasteiger partial charge in [-0.1, -0.05) is 19.3 Å². The highest BCUT2D eigenvalue weighted by molar-refractivity contribution is 5.77. The van der Waals surface area contributed by atoms with Crippen molar-refractivity contribution in [2.45, 2.75) is 57.2 Å². The Kier molecular flexibility index (Phi) is 5.01. The molecule has 1 saturated carbocycles. The second-order valence-corrected chi connectivity index (χ2v) is 6.93. The lowest BCUT2D eigenvalue weighted by Gasteiger charge is -2.36. The number of aromatic amines is 1. The van der Waals surface area contributed by atoms with Crippen LogP contribution in [-0.2, 0) is 9.53 Å². The summed E-state index contributed by atoms with van der Waals surface area (Å²) in [6, 6.07) is 1.42. The number of hydrogen-bond acceptors (Lipinski definition) is 5. The van der Waals surface area contributed by atoms with Gasteiger partial charge >= 0.3 is 0 Å². The molecule has 3 rings (SSSR count). The van der Waals surface area contributed by atoms with Gasteiger partial charge in [-0.2, -0.15) is 0 Å². The molecule has 1 amide bonds. The largest absolute Gasteiger partial charge is 0.389 e. The first-order valence-electron chi connectivity index (χ1n) is 8.65. The Morgan fingerprint density at radius 3 is 2.92 bits per heavy atom. The molecule has 1 aliphatic heterocycles. The lowest BCUT2D eigenvalue weighted by atomic mass is 9.82. The Hall–Kier alpha value is -1.73. The fourth-order valence-corrected chi connectivity index (χ4v) is 3.58. The van der Waals surface area contributed by atoms with Crippen LogP contribution in [0, 0.1) is 6.92 Å². The Labute approximate surface area is 141 Å². The minimum Gasteiger partial charge on any atom is -0.389 e. The molecule has 1 atom stereocenters. The molecular weight excluding hydrogens is 310 g/mol. The van der Waals surface area contributed by atoms with Gasteiger partial charge in [0.2, 0.25) is 5.91 Å². The lowest BCUT2D eigenvalue weighted by molar-refractivity contribution is -0.145. The number of amides is 1. The van der Waals surface area contributed by atoms with Gasteiger partial charge in [0, 0.05) is 18.3 Å². The summed E-state index contributed by atoms with van der Waals surface area (Å²) in [4.78, 5) is 32.9. The minimum atomic E-state index is -0.862. The van der Waals surface area contributed by atoms with Gasteiger partial charge in [0.05, 0.1) is 25.2 Å². The zero-order valence-electron chi connectivity index (χ0n) is 14.1. The Bertz CT molecular complexity index is 651. The van der Waals surface area contributed by atoms with Crippen LogP contribution in [0.15, 0.2) is 10.9 Å². The van der Waals surface area contributed by atoms with E-state index in [-0.39, 0.29) is 17.9 Å². The highest BCUT2D eigenvalue weighted by Crippen LogP contribution is 2.32. The molecule has 1 aromatic heterocycles. The number of hydrogen-bond donors (Lipinski definition) is 2. The lowest BCUT2D eigenvalue weighted by Crippen LogP contribution is -2.46. The summed E-state index contributed by atoms with van der Waals surface area (Å²) in [6.07, 6.45) is 4.20. The number of ether oxygens (including phenoxy) is 1. The first-order chi connectivity index (χ1) is 11.5. The molecule has 7 nitrogen and oxygen atoms in total. The molecule has 1 aromatic rings. The molecule has 24 heavy (non-hydrogen) atoms. The Balaban J connectivity index is 1.66. The Morgan fingerprint density at radius 2 is 2.21 bits per heavy atom.